The lowest BCUT2D eigenvalue weighted by molar-refractivity contribution is 0.103. The van der Waals surface area contributed by atoms with E-state index >= 15 is 0 Å². The van der Waals surface area contributed by atoms with Gasteiger partial charge in [0, 0.05) is 50.3 Å². The Morgan fingerprint density at radius 3 is 1.19 bits per heavy atom. The molecule has 4 nitrogen and oxygen atoms in total. The quantitative estimate of drug-likeness (QED) is 0.715. The molecule has 0 aromatic heterocycles. The fourth-order valence-electron chi connectivity index (χ4n) is 2.26. The Morgan fingerprint density at radius 2 is 1.00 bits per heavy atom. The van der Waals surface area contributed by atoms with Gasteiger partial charge in [0.05, 0.1) is 0 Å². The Kier molecular flexibility index (Phi) is 4.35. The van der Waals surface area contributed by atoms with Crippen molar-refractivity contribution in [2.45, 2.75) is 38.8 Å². The molecule has 0 radical (unpaired) electrons. The Balaban J connectivity index is 2.29. The lowest BCUT2D eigenvalue weighted by Crippen LogP contribution is -2.56. The number of rotatable bonds is 4. The SMILES string of the molecule is CC(C)(N)CN1CCN(CC(C)(C)N)CC1. The molecule has 0 amide bonds. The third kappa shape index (κ3) is 5.80. The van der Waals surface area contributed by atoms with Crippen LogP contribution in [0.2, 0.25) is 0 Å². The molecule has 1 fully saturated rings. The van der Waals surface area contributed by atoms with Crippen LogP contribution in [0, 0.1) is 0 Å². The minimum absolute atomic E-state index is 0.0880. The second-order valence-electron chi connectivity index (χ2n) is 6.53. The van der Waals surface area contributed by atoms with Gasteiger partial charge in [0.1, 0.15) is 0 Å². The lowest BCUT2D eigenvalue weighted by atomic mass is 10.0. The number of nitrogens with zero attached hydrogens (tertiary/aromatic N) is 2. The molecule has 4 N–H and O–H groups in total. The Labute approximate surface area is 99.9 Å². The van der Waals surface area contributed by atoms with E-state index in [2.05, 4.69) is 37.5 Å². The summed E-state index contributed by atoms with van der Waals surface area (Å²) in [6.07, 6.45) is 0. The average Bonchev–Trinajstić information content (AvgIpc) is 2.03. The third-order valence-corrected chi connectivity index (χ3v) is 2.73. The zero-order valence-corrected chi connectivity index (χ0v) is 11.3. The van der Waals surface area contributed by atoms with E-state index in [9.17, 15) is 0 Å². The zero-order chi connectivity index (χ0) is 12.4. The molecule has 1 saturated heterocycles. The maximum atomic E-state index is 6.03. The highest BCUT2D eigenvalue weighted by molar-refractivity contribution is 4.84. The fraction of sp³-hybridized carbons (Fsp3) is 1.00. The lowest BCUT2D eigenvalue weighted by Gasteiger charge is -2.39. The maximum Gasteiger partial charge on any atom is 0.0226 e. The minimum Gasteiger partial charge on any atom is -0.324 e. The summed E-state index contributed by atoms with van der Waals surface area (Å²) in [5.41, 5.74) is 11.9. The zero-order valence-electron chi connectivity index (χ0n) is 11.3. The summed E-state index contributed by atoms with van der Waals surface area (Å²) in [6, 6.07) is 0. The van der Waals surface area contributed by atoms with Crippen molar-refractivity contribution in [3.63, 3.8) is 0 Å². The maximum absolute atomic E-state index is 6.03. The number of hydrogen-bond donors (Lipinski definition) is 2. The molecule has 16 heavy (non-hydrogen) atoms. The summed E-state index contributed by atoms with van der Waals surface area (Å²) < 4.78 is 0. The van der Waals surface area contributed by atoms with Crippen LogP contribution in [0.3, 0.4) is 0 Å². The molecule has 0 aromatic carbocycles. The molecule has 1 heterocycles. The number of piperazine rings is 1. The van der Waals surface area contributed by atoms with Crippen molar-refractivity contribution in [1.29, 1.82) is 0 Å². The summed E-state index contributed by atoms with van der Waals surface area (Å²) in [6.45, 7) is 14.7. The number of nitrogens with two attached hydrogens (primary N) is 2. The molecule has 96 valence electrons. The van der Waals surface area contributed by atoms with Crippen molar-refractivity contribution >= 4 is 0 Å². The Morgan fingerprint density at radius 1 is 0.750 bits per heavy atom. The van der Waals surface area contributed by atoms with Gasteiger partial charge in [-0.2, -0.15) is 0 Å². The molecule has 0 bridgehead atoms. The highest BCUT2D eigenvalue weighted by atomic mass is 15.3. The van der Waals surface area contributed by atoms with E-state index in [0.717, 1.165) is 39.3 Å². The van der Waals surface area contributed by atoms with Crippen LogP contribution >= 0.6 is 0 Å². The van der Waals surface area contributed by atoms with Gasteiger partial charge < -0.3 is 11.5 Å². The van der Waals surface area contributed by atoms with Crippen LogP contribution in [0.4, 0.5) is 0 Å². The van der Waals surface area contributed by atoms with Gasteiger partial charge in [-0.15, -0.1) is 0 Å². The first kappa shape index (κ1) is 13.9. The van der Waals surface area contributed by atoms with E-state index in [-0.39, 0.29) is 11.1 Å². The van der Waals surface area contributed by atoms with Crippen LogP contribution in [0.25, 0.3) is 0 Å². The molecule has 4 heteroatoms. The predicted molar refractivity (Wildman–Crippen MR) is 69.4 cm³/mol. The van der Waals surface area contributed by atoms with Crippen LogP contribution in [0.15, 0.2) is 0 Å². The van der Waals surface area contributed by atoms with E-state index in [1.54, 1.807) is 0 Å². The summed E-state index contributed by atoms with van der Waals surface area (Å²) in [5, 5.41) is 0. The highest BCUT2D eigenvalue weighted by Gasteiger charge is 2.24. The largest absolute Gasteiger partial charge is 0.324 e. The Hall–Kier alpha value is -0.160. The van der Waals surface area contributed by atoms with Crippen molar-refractivity contribution < 1.29 is 0 Å². The summed E-state index contributed by atoms with van der Waals surface area (Å²) >= 11 is 0. The van der Waals surface area contributed by atoms with Crippen LogP contribution in [-0.2, 0) is 0 Å². The third-order valence-electron chi connectivity index (χ3n) is 2.73. The molecule has 0 aliphatic carbocycles. The molecule has 1 aliphatic rings. The molecule has 0 unspecified atom stereocenters. The van der Waals surface area contributed by atoms with E-state index in [1.165, 1.54) is 0 Å². The monoisotopic (exact) mass is 228 g/mol. The van der Waals surface area contributed by atoms with Gasteiger partial charge >= 0.3 is 0 Å². The van der Waals surface area contributed by atoms with Gasteiger partial charge in [0.25, 0.3) is 0 Å². The Bertz CT molecular complexity index is 182. The van der Waals surface area contributed by atoms with Crippen LogP contribution in [-0.4, -0.2) is 60.1 Å². The van der Waals surface area contributed by atoms with Gasteiger partial charge in [-0.1, -0.05) is 0 Å². The topological polar surface area (TPSA) is 58.5 Å². The number of hydrogen-bond acceptors (Lipinski definition) is 4. The minimum atomic E-state index is -0.0880. The summed E-state index contributed by atoms with van der Waals surface area (Å²) in [7, 11) is 0. The van der Waals surface area contributed by atoms with Gasteiger partial charge in [-0.3, -0.25) is 9.80 Å². The first-order valence-corrected chi connectivity index (χ1v) is 6.18. The standard InChI is InChI=1S/C12H28N4/c1-11(2,13)9-15-5-7-16(8-6-15)10-12(3,4)14/h5-10,13-14H2,1-4H3. The van der Waals surface area contributed by atoms with Crippen LogP contribution in [0.1, 0.15) is 27.7 Å². The second kappa shape index (κ2) is 5.00. The van der Waals surface area contributed by atoms with Crippen LogP contribution in [0.5, 0.6) is 0 Å². The van der Waals surface area contributed by atoms with E-state index in [1.807, 2.05) is 0 Å². The normalized spacial score (nSPS) is 21.4. The van der Waals surface area contributed by atoms with E-state index in [0.29, 0.717) is 0 Å². The molecule has 0 aromatic rings. The summed E-state index contributed by atoms with van der Waals surface area (Å²) in [5.74, 6) is 0. The fourth-order valence-corrected chi connectivity index (χ4v) is 2.26. The van der Waals surface area contributed by atoms with Crippen LogP contribution < -0.4 is 11.5 Å². The average molecular weight is 228 g/mol. The smallest absolute Gasteiger partial charge is 0.0226 e. The highest BCUT2D eigenvalue weighted by Crippen LogP contribution is 2.09. The predicted octanol–water partition coefficient (Wildman–Crippen LogP) is 0.0786. The van der Waals surface area contributed by atoms with Crippen molar-refractivity contribution in [1.82, 2.24) is 9.80 Å². The molecule has 0 saturated carbocycles. The van der Waals surface area contributed by atoms with E-state index in [4.69, 9.17) is 11.5 Å². The molecule has 0 atom stereocenters. The van der Waals surface area contributed by atoms with Crippen molar-refractivity contribution in [2.75, 3.05) is 39.3 Å². The second-order valence-corrected chi connectivity index (χ2v) is 6.53. The van der Waals surface area contributed by atoms with Crippen molar-refractivity contribution in [3.8, 4) is 0 Å². The molecule has 1 aliphatic heterocycles. The van der Waals surface area contributed by atoms with Gasteiger partial charge in [-0.05, 0) is 27.7 Å². The first-order valence-electron chi connectivity index (χ1n) is 6.18. The molecule has 0 spiro atoms. The van der Waals surface area contributed by atoms with E-state index < -0.39 is 0 Å². The van der Waals surface area contributed by atoms with Crippen molar-refractivity contribution in [2.24, 2.45) is 11.5 Å². The van der Waals surface area contributed by atoms with Gasteiger partial charge in [0.2, 0.25) is 0 Å². The van der Waals surface area contributed by atoms with Gasteiger partial charge in [-0.25, -0.2) is 0 Å². The molecular formula is C12H28N4. The van der Waals surface area contributed by atoms with Gasteiger partial charge in [0.15, 0.2) is 0 Å². The van der Waals surface area contributed by atoms with Crippen molar-refractivity contribution in [3.05, 3.63) is 0 Å². The first-order chi connectivity index (χ1) is 7.16. The molecule has 1 rings (SSSR count). The summed E-state index contributed by atoms with van der Waals surface area (Å²) in [4.78, 5) is 4.89. The molecular weight excluding hydrogens is 200 g/mol.